The molecule has 0 radical (unpaired) electrons. The number of hydrogen-bond donors (Lipinski definition) is 2. The summed E-state index contributed by atoms with van der Waals surface area (Å²) < 4.78 is 5.88. The molecule has 1 rings (SSSR count). The zero-order chi connectivity index (χ0) is 13.7. The Bertz CT molecular complexity index is 421. The molecule has 1 aromatic rings. The lowest BCUT2D eigenvalue weighted by Crippen LogP contribution is -2.31. The first-order chi connectivity index (χ1) is 8.45. The van der Waals surface area contributed by atoms with Gasteiger partial charge in [0, 0.05) is 4.47 Å². The molecule has 0 aliphatic carbocycles. The average molecular weight is 316 g/mol. The van der Waals surface area contributed by atoms with Crippen molar-refractivity contribution in [1.82, 2.24) is 5.32 Å². The number of halogens is 1. The van der Waals surface area contributed by atoms with Gasteiger partial charge in [-0.05, 0) is 36.2 Å². The number of benzene rings is 1. The number of carboxylic acids is 1. The Hall–Kier alpha value is -1.07. The minimum atomic E-state index is -0.899. The second-order valence-corrected chi connectivity index (χ2v) is 5.32. The lowest BCUT2D eigenvalue weighted by Gasteiger charge is -2.18. The first-order valence-electron chi connectivity index (χ1n) is 5.75. The lowest BCUT2D eigenvalue weighted by atomic mass is 10.1. The number of hydrogen-bond acceptors (Lipinski definition) is 3. The summed E-state index contributed by atoms with van der Waals surface area (Å²) in [5.41, 5.74) is 0.669. The molecule has 1 aromatic carbocycles. The van der Waals surface area contributed by atoms with E-state index in [4.69, 9.17) is 4.74 Å². The van der Waals surface area contributed by atoms with Gasteiger partial charge in [0.1, 0.15) is 11.8 Å². The van der Waals surface area contributed by atoms with Crippen LogP contribution < -0.4 is 10.1 Å². The molecule has 0 aromatic heterocycles. The molecule has 0 amide bonds. The third kappa shape index (κ3) is 3.99. The molecule has 1 atom stereocenters. The van der Waals surface area contributed by atoms with E-state index in [1.165, 1.54) is 0 Å². The zero-order valence-electron chi connectivity index (χ0n) is 10.7. The minimum Gasteiger partial charge on any atom is -0.497 e. The van der Waals surface area contributed by atoms with Gasteiger partial charge in [-0.15, -0.1) is 0 Å². The Kier molecular flexibility index (Phi) is 5.62. The third-order valence-corrected chi connectivity index (χ3v) is 3.21. The summed E-state index contributed by atoms with van der Waals surface area (Å²) in [5, 5.41) is 12.3. The molecule has 2 N–H and O–H groups in total. The van der Waals surface area contributed by atoms with Crippen molar-refractivity contribution < 1.29 is 14.6 Å². The van der Waals surface area contributed by atoms with Gasteiger partial charge in [0.15, 0.2) is 0 Å². The Balaban J connectivity index is 3.01. The number of carboxylic acid groups (broad SMARTS) is 1. The van der Waals surface area contributed by atoms with Crippen molar-refractivity contribution in [2.24, 2.45) is 5.92 Å². The molecular formula is C13H18BrNO3. The summed E-state index contributed by atoms with van der Waals surface area (Å²) in [4.78, 5) is 11.3. The maximum Gasteiger partial charge on any atom is 0.325 e. The molecule has 0 saturated carbocycles. The highest BCUT2D eigenvalue weighted by Gasteiger charge is 2.22. The van der Waals surface area contributed by atoms with Gasteiger partial charge in [0.05, 0.1) is 7.11 Å². The van der Waals surface area contributed by atoms with Crippen LogP contribution in [0.1, 0.15) is 25.5 Å². The van der Waals surface area contributed by atoms with E-state index in [1.54, 1.807) is 25.3 Å². The molecule has 0 fully saturated rings. The number of nitrogens with one attached hydrogen (secondary N) is 1. The second-order valence-electron chi connectivity index (χ2n) is 4.46. The molecule has 0 heterocycles. The molecule has 0 aliphatic rings. The van der Waals surface area contributed by atoms with Gasteiger partial charge >= 0.3 is 5.97 Å². The van der Waals surface area contributed by atoms with Crippen molar-refractivity contribution in [3.05, 3.63) is 28.2 Å². The van der Waals surface area contributed by atoms with Crippen LogP contribution in [0.3, 0.4) is 0 Å². The van der Waals surface area contributed by atoms with Crippen LogP contribution >= 0.6 is 15.9 Å². The van der Waals surface area contributed by atoms with Crippen LogP contribution in [0.15, 0.2) is 22.7 Å². The highest BCUT2D eigenvalue weighted by Crippen LogP contribution is 2.28. The van der Waals surface area contributed by atoms with E-state index in [0.717, 1.165) is 4.47 Å². The standard InChI is InChI=1S/C13H18BrNO3/c1-8(2)7-15-12(13(16)17)10-6-9(18-3)4-5-11(10)14/h4-6,8,12,15H,7H2,1-3H3,(H,16,17). The van der Waals surface area contributed by atoms with Crippen molar-refractivity contribution in [3.8, 4) is 5.75 Å². The molecule has 100 valence electrons. The SMILES string of the molecule is COc1ccc(Br)c(C(NCC(C)C)C(=O)O)c1. The van der Waals surface area contributed by atoms with Crippen LogP contribution in [0.4, 0.5) is 0 Å². The fourth-order valence-corrected chi connectivity index (χ4v) is 2.03. The summed E-state index contributed by atoms with van der Waals surface area (Å²) in [7, 11) is 1.56. The van der Waals surface area contributed by atoms with Crippen molar-refractivity contribution in [2.75, 3.05) is 13.7 Å². The Morgan fingerprint density at radius 3 is 2.67 bits per heavy atom. The quantitative estimate of drug-likeness (QED) is 0.847. The highest BCUT2D eigenvalue weighted by molar-refractivity contribution is 9.10. The number of aliphatic carboxylic acids is 1. The molecule has 0 bridgehead atoms. The van der Waals surface area contributed by atoms with Gasteiger partial charge in [0.2, 0.25) is 0 Å². The maximum atomic E-state index is 11.3. The van der Waals surface area contributed by atoms with Gasteiger partial charge in [-0.25, -0.2) is 0 Å². The zero-order valence-corrected chi connectivity index (χ0v) is 12.3. The van der Waals surface area contributed by atoms with E-state index in [0.29, 0.717) is 23.8 Å². The minimum absolute atomic E-state index is 0.385. The van der Waals surface area contributed by atoms with Crippen LogP contribution in [0.2, 0.25) is 0 Å². The van der Waals surface area contributed by atoms with Crippen molar-refractivity contribution in [1.29, 1.82) is 0 Å². The molecule has 0 saturated heterocycles. The summed E-state index contributed by atoms with van der Waals surface area (Å²) in [6.07, 6.45) is 0. The van der Waals surface area contributed by atoms with Crippen LogP contribution in [0, 0.1) is 5.92 Å². The second kappa shape index (κ2) is 6.75. The fourth-order valence-electron chi connectivity index (χ4n) is 1.55. The molecule has 1 unspecified atom stereocenters. The number of ether oxygens (including phenoxy) is 1. The van der Waals surface area contributed by atoms with Crippen molar-refractivity contribution in [3.63, 3.8) is 0 Å². The summed E-state index contributed by atoms with van der Waals surface area (Å²) in [6, 6.07) is 4.57. The molecule has 0 aliphatic heterocycles. The Morgan fingerprint density at radius 2 is 2.17 bits per heavy atom. The van der Waals surface area contributed by atoms with Crippen LogP contribution in [0.5, 0.6) is 5.75 Å². The predicted octanol–water partition coefficient (Wildman–Crippen LogP) is 2.83. The van der Waals surface area contributed by atoms with Gasteiger partial charge in [-0.1, -0.05) is 29.8 Å². The van der Waals surface area contributed by atoms with Gasteiger partial charge in [-0.2, -0.15) is 0 Å². The molecular weight excluding hydrogens is 298 g/mol. The van der Waals surface area contributed by atoms with Gasteiger partial charge in [-0.3, -0.25) is 4.79 Å². The van der Waals surface area contributed by atoms with Crippen LogP contribution in [-0.4, -0.2) is 24.7 Å². The normalized spacial score (nSPS) is 12.5. The summed E-state index contributed by atoms with van der Waals surface area (Å²) in [5.74, 6) is 0.131. The maximum absolute atomic E-state index is 11.3. The van der Waals surface area contributed by atoms with E-state index in [-0.39, 0.29) is 0 Å². The number of rotatable bonds is 6. The van der Waals surface area contributed by atoms with Crippen molar-refractivity contribution in [2.45, 2.75) is 19.9 Å². The molecule has 5 heteroatoms. The van der Waals surface area contributed by atoms with Gasteiger partial charge < -0.3 is 15.2 Å². The van der Waals surface area contributed by atoms with E-state index in [2.05, 4.69) is 21.2 Å². The molecule has 18 heavy (non-hydrogen) atoms. The summed E-state index contributed by atoms with van der Waals surface area (Å²) >= 11 is 3.38. The van der Waals surface area contributed by atoms with E-state index in [1.807, 2.05) is 13.8 Å². The van der Waals surface area contributed by atoms with E-state index < -0.39 is 12.0 Å². The van der Waals surface area contributed by atoms with E-state index >= 15 is 0 Å². The van der Waals surface area contributed by atoms with Crippen molar-refractivity contribution >= 4 is 21.9 Å². The van der Waals surface area contributed by atoms with E-state index in [9.17, 15) is 9.90 Å². The monoisotopic (exact) mass is 315 g/mol. The van der Waals surface area contributed by atoms with Crippen LogP contribution in [0.25, 0.3) is 0 Å². The largest absolute Gasteiger partial charge is 0.497 e. The Labute approximate surface area is 115 Å². The fraction of sp³-hybridized carbons (Fsp3) is 0.462. The van der Waals surface area contributed by atoms with Gasteiger partial charge in [0.25, 0.3) is 0 Å². The molecule has 0 spiro atoms. The topological polar surface area (TPSA) is 58.6 Å². The first-order valence-corrected chi connectivity index (χ1v) is 6.54. The number of methoxy groups -OCH3 is 1. The number of carbonyl (C=O) groups is 1. The average Bonchev–Trinajstić information content (AvgIpc) is 2.30. The summed E-state index contributed by atoms with van der Waals surface area (Å²) in [6.45, 7) is 4.71. The Morgan fingerprint density at radius 1 is 1.50 bits per heavy atom. The molecule has 4 nitrogen and oxygen atoms in total. The smallest absolute Gasteiger partial charge is 0.325 e. The predicted molar refractivity (Wildman–Crippen MR) is 73.9 cm³/mol. The third-order valence-electron chi connectivity index (χ3n) is 2.49. The van der Waals surface area contributed by atoms with Crippen LogP contribution in [-0.2, 0) is 4.79 Å². The first kappa shape index (κ1) is 15.0. The highest BCUT2D eigenvalue weighted by atomic mass is 79.9. The lowest BCUT2D eigenvalue weighted by molar-refractivity contribution is -0.139.